The third-order valence-corrected chi connectivity index (χ3v) is 3.82. The van der Waals surface area contributed by atoms with E-state index in [1.807, 2.05) is 12.1 Å². The molecule has 120 valence electrons. The summed E-state index contributed by atoms with van der Waals surface area (Å²) < 4.78 is 3.72. The van der Waals surface area contributed by atoms with E-state index >= 15 is 0 Å². The van der Waals surface area contributed by atoms with Crippen LogP contribution in [0.2, 0.25) is 0 Å². The van der Waals surface area contributed by atoms with Crippen LogP contribution in [0.15, 0.2) is 36.9 Å². The van der Waals surface area contributed by atoms with Gasteiger partial charge in [0.25, 0.3) is 0 Å². The van der Waals surface area contributed by atoms with Crippen molar-refractivity contribution in [2.45, 2.75) is 32.9 Å². The second-order valence-corrected chi connectivity index (χ2v) is 5.32. The number of nitrogens with one attached hydrogen (secondary N) is 1. The molecular weight excluding hydrogens is 292 g/mol. The smallest absolute Gasteiger partial charge is 0.143 e. The van der Waals surface area contributed by atoms with Crippen molar-refractivity contribution in [2.75, 3.05) is 6.54 Å². The van der Waals surface area contributed by atoms with Crippen LogP contribution in [0.4, 0.5) is 0 Å². The molecule has 0 fully saturated rings. The Morgan fingerprint density at radius 3 is 2.65 bits per heavy atom. The largest absolute Gasteiger partial charge is 0.316 e. The Kier molecular flexibility index (Phi) is 4.72. The zero-order valence-electron chi connectivity index (χ0n) is 13.3. The first-order chi connectivity index (χ1) is 11.3. The highest BCUT2D eigenvalue weighted by Gasteiger charge is 2.07. The maximum Gasteiger partial charge on any atom is 0.143 e. The Morgan fingerprint density at radius 1 is 1.13 bits per heavy atom. The number of hydrogen-bond acceptors (Lipinski definition) is 6. The highest BCUT2D eigenvalue weighted by atomic mass is 15.5. The predicted molar refractivity (Wildman–Crippen MR) is 85.0 cm³/mol. The summed E-state index contributed by atoms with van der Waals surface area (Å²) in [7, 11) is 0. The molecule has 8 nitrogen and oxygen atoms in total. The minimum atomic E-state index is 0.263. The van der Waals surface area contributed by atoms with Gasteiger partial charge < -0.3 is 9.88 Å². The normalized spacial score (nSPS) is 12.4. The topological polar surface area (TPSA) is 86.3 Å². The van der Waals surface area contributed by atoms with Crippen LogP contribution >= 0.6 is 0 Å². The maximum atomic E-state index is 4.09. The van der Waals surface area contributed by atoms with Crippen LogP contribution in [0.5, 0.6) is 0 Å². The molecule has 0 aliphatic heterocycles. The molecule has 0 saturated heterocycles. The molecule has 0 aliphatic carbocycles. The molecule has 2 aromatic heterocycles. The van der Waals surface area contributed by atoms with Crippen molar-refractivity contribution in [1.82, 2.24) is 40.3 Å². The first-order valence-electron chi connectivity index (χ1n) is 7.71. The first kappa shape index (κ1) is 15.3. The number of aryl methyl sites for hydroxylation is 1. The van der Waals surface area contributed by atoms with E-state index in [0.717, 1.165) is 31.0 Å². The fraction of sp³-hybridized carbons (Fsp3) is 0.400. The van der Waals surface area contributed by atoms with Crippen LogP contribution in [0.3, 0.4) is 0 Å². The third kappa shape index (κ3) is 3.59. The number of tetrazole rings is 1. The maximum absolute atomic E-state index is 4.09. The van der Waals surface area contributed by atoms with Gasteiger partial charge in [0.15, 0.2) is 0 Å². The molecule has 3 aromatic rings. The van der Waals surface area contributed by atoms with E-state index in [4.69, 9.17) is 0 Å². The van der Waals surface area contributed by atoms with Gasteiger partial charge in [-0.25, -0.2) is 4.68 Å². The highest BCUT2D eigenvalue weighted by molar-refractivity contribution is 5.34. The summed E-state index contributed by atoms with van der Waals surface area (Å²) in [6.45, 7) is 5.96. The molecule has 0 bridgehead atoms. The quantitative estimate of drug-likeness (QED) is 0.704. The van der Waals surface area contributed by atoms with E-state index in [1.54, 1.807) is 17.3 Å². The van der Waals surface area contributed by atoms with E-state index in [2.05, 4.69) is 61.6 Å². The summed E-state index contributed by atoms with van der Waals surface area (Å²) in [5.74, 6) is 1.02. The molecule has 1 aromatic carbocycles. The summed E-state index contributed by atoms with van der Waals surface area (Å²) in [5, 5.41) is 22.7. The lowest BCUT2D eigenvalue weighted by atomic mass is 10.1. The highest BCUT2D eigenvalue weighted by Crippen LogP contribution is 2.14. The number of nitrogens with zero attached hydrogens (tertiary/aromatic N) is 7. The summed E-state index contributed by atoms with van der Waals surface area (Å²) in [6, 6.07) is 8.47. The molecular formula is C15H20N8. The number of rotatable bonds is 7. The lowest BCUT2D eigenvalue weighted by Gasteiger charge is -2.15. The van der Waals surface area contributed by atoms with Crippen molar-refractivity contribution in [2.24, 2.45) is 0 Å². The molecule has 0 unspecified atom stereocenters. The van der Waals surface area contributed by atoms with E-state index in [0.29, 0.717) is 0 Å². The molecule has 0 aliphatic rings. The van der Waals surface area contributed by atoms with Crippen molar-refractivity contribution in [3.63, 3.8) is 0 Å². The average Bonchev–Trinajstić information content (AvgIpc) is 3.26. The molecule has 0 amide bonds. The van der Waals surface area contributed by atoms with Gasteiger partial charge in [-0.05, 0) is 35.0 Å². The van der Waals surface area contributed by atoms with Gasteiger partial charge in [0.2, 0.25) is 0 Å². The zero-order valence-corrected chi connectivity index (χ0v) is 13.3. The standard InChI is InChI=1S/C15H20N8/c1-3-15-19-17-10-22(15)9-8-16-12(2)13-4-6-14(7-5-13)23-11-18-20-21-23/h4-7,10-12,16H,3,8-9H2,1-2H3/t12-/m0/s1. The molecule has 23 heavy (non-hydrogen) atoms. The lowest BCUT2D eigenvalue weighted by molar-refractivity contribution is 0.522. The minimum Gasteiger partial charge on any atom is -0.316 e. The van der Waals surface area contributed by atoms with Crippen molar-refractivity contribution in [3.05, 3.63) is 48.3 Å². The summed E-state index contributed by atoms with van der Waals surface area (Å²) in [6.07, 6.45) is 4.27. The Labute approximate surface area is 134 Å². The Balaban J connectivity index is 1.55. The fourth-order valence-corrected chi connectivity index (χ4v) is 2.45. The number of hydrogen-bond donors (Lipinski definition) is 1. The van der Waals surface area contributed by atoms with Gasteiger partial charge in [-0.2, -0.15) is 0 Å². The van der Waals surface area contributed by atoms with Gasteiger partial charge in [0, 0.05) is 25.6 Å². The molecule has 1 N–H and O–H groups in total. The molecule has 0 spiro atoms. The van der Waals surface area contributed by atoms with Gasteiger partial charge >= 0.3 is 0 Å². The molecule has 1 atom stereocenters. The minimum absolute atomic E-state index is 0.263. The molecule has 2 heterocycles. The lowest BCUT2D eigenvalue weighted by Crippen LogP contribution is -2.23. The Hall–Kier alpha value is -2.61. The Bertz CT molecular complexity index is 716. The van der Waals surface area contributed by atoms with Gasteiger partial charge in [-0.1, -0.05) is 19.1 Å². The van der Waals surface area contributed by atoms with Crippen LogP contribution in [0, 0.1) is 0 Å². The number of benzene rings is 1. The fourth-order valence-electron chi connectivity index (χ4n) is 2.45. The van der Waals surface area contributed by atoms with Crippen LogP contribution in [-0.4, -0.2) is 41.5 Å². The van der Waals surface area contributed by atoms with Gasteiger partial charge in [0.05, 0.1) is 5.69 Å². The second-order valence-electron chi connectivity index (χ2n) is 5.32. The van der Waals surface area contributed by atoms with Crippen molar-refractivity contribution < 1.29 is 0 Å². The molecule has 0 saturated carbocycles. The zero-order chi connectivity index (χ0) is 16.1. The van der Waals surface area contributed by atoms with Crippen LogP contribution in [0.25, 0.3) is 5.69 Å². The van der Waals surface area contributed by atoms with Crippen molar-refractivity contribution >= 4 is 0 Å². The van der Waals surface area contributed by atoms with Crippen molar-refractivity contribution in [3.8, 4) is 5.69 Å². The van der Waals surface area contributed by atoms with Crippen LogP contribution in [0.1, 0.15) is 31.3 Å². The second kappa shape index (κ2) is 7.10. The number of aromatic nitrogens is 7. The Morgan fingerprint density at radius 2 is 1.96 bits per heavy atom. The SMILES string of the molecule is CCc1nncn1CCN[C@@H](C)c1ccc(-n2cnnn2)cc1. The first-order valence-corrected chi connectivity index (χ1v) is 7.71. The third-order valence-electron chi connectivity index (χ3n) is 3.82. The van der Waals surface area contributed by atoms with E-state index in [9.17, 15) is 0 Å². The van der Waals surface area contributed by atoms with Crippen molar-refractivity contribution in [1.29, 1.82) is 0 Å². The molecule has 0 radical (unpaired) electrons. The van der Waals surface area contributed by atoms with Gasteiger partial charge in [-0.15, -0.1) is 15.3 Å². The molecule has 3 rings (SSSR count). The van der Waals surface area contributed by atoms with Crippen LogP contribution in [-0.2, 0) is 13.0 Å². The van der Waals surface area contributed by atoms with E-state index in [1.165, 1.54) is 5.56 Å². The predicted octanol–water partition coefficient (Wildman–Crippen LogP) is 1.17. The molecule has 8 heteroatoms. The van der Waals surface area contributed by atoms with Gasteiger partial charge in [0.1, 0.15) is 18.5 Å². The van der Waals surface area contributed by atoms with Gasteiger partial charge in [-0.3, -0.25) is 0 Å². The summed E-state index contributed by atoms with van der Waals surface area (Å²) >= 11 is 0. The monoisotopic (exact) mass is 312 g/mol. The average molecular weight is 312 g/mol. The summed E-state index contributed by atoms with van der Waals surface area (Å²) in [5.41, 5.74) is 2.17. The van der Waals surface area contributed by atoms with E-state index < -0.39 is 0 Å². The summed E-state index contributed by atoms with van der Waals surface area (Å²) in [4.78, 5) is 0. The van der Waals surface area contributed by atoms with Crippen LogP contribution < -0.4 is 5.32 Å². The van der Waals surface area contributed by atoms with E-state index in [-0.39, 0.29) is 6.04 Å².